The van der Waals surface area contributed by atoms with Gasteiger partial charge < -0.3 is 9.84 Å². The maximum atomic E-state index is 12.7. The standard InChI is InChI=1S/C18H24BrNO3/c1-17(2,13-3-5-14(19)6-4-13)20-12-11-18(23-16(20)22)9-7-15(21)8-10-18/h3-6,15,21H,7-12H2,1-2H3. The Morgan fingerprint density at radius 1 is 1.22 bits per heavy atom. The van der Waals surface area contributed by atoms with Crippen molar-refractivity contribution in [2.75, 3.05) is 6.54 Å². The number of ether oxygens (including phenoxy) is 1. The highest BCUT2D eigenvalue weighted by molar-refractivity contribution is 9.10. The fourth-order valence-electron chi connectivity index (χ4n) is 3.70. The van der Waals surface area contributed by atoms with Crippen LogP contribution in [-0.2, 0) is 10.3 Å². The summed E-state index contributed by atoms with van der Waals surface area (Å²) in [6.07, 6.45) is 3.36. The van der Waals surface area contributed by atoms with Gasteiger partial charge in [0.15, 0.2) is 0 Å². The number of rotatable bonds is 2. The van der Waals surface area contributed by atoms with Gasteiger partial charge in [-0.3, -0.25) is 4.90 Å². The first-order valence-corrected chi connectivity index (χ1v) is 9.06. The molecule has 126 valence electrons. The zero-order valence-corrected chi connectivity index (χ0v) is 15.3. The smallest absolute Gasteiger partial charge is 0.411 e. The molecule has 0 atom stereocenters. The minimum Gasteiger partial charge on any atom is -0.443 e. The fourth-order valence-corrected chi connectivity index (χ4v) is 3.96. The Morgan fingerprint density at radius 3 is 2.39 bits per heavy atom. The van der Waals surface area contributed by atoms with Crippen LogP contribution in [0.25, 0.3) is 0 Å². The third-order valence-electron chi connectivity index (χ3n) is 5.41. The predicted molar refractivity (Wildman–Crippen MR) is 92.2 cm³/mol. The summed E-state index contributed by atoms with van der Waals surface area (Å²) >= 11 is 3.45. The molecule has 1 spiro atoms. The number of hydrogen-bond donors (Lipinski definition) is 1. The summed E-state index contributed by atoms with van der Waals surface area (Å²) in [6.45, 7) is 4.80. The van der Waals surface area contributed by atoms with E-state index in [0.29, 0.717) is 6.54 Å². The number of benzene rings is 1. The van der Waals surface area contributed by atoms with Gasteiger partial charge in [-0.15, -0.1) is 0 Å². The Balaban J connectivity index is 1.75. The Kier molecular flexibility index (Phi) is 4.45. The lowest BCUT2D eigenvalue weighted by atomic mass is 9.79. The van der Waals surface area contributed by atoms with E-state index < -0.39 is 5.54 Å². The average Bonchev–Trinajstić information content (AvgIpc) is 2.51. The summed E-state index contributed by atoms with van der Waals surface area (Å²) in [6, 6.07) is 8.07. The first kappa shape index (κ1) is 16.8. The third-order valence-corrected chi connectivity index (χ3v) is 5.94. The molecule has 1 aliphatic heterocycles. The molecular weight excluding hydrogens is 358 g/mol. The monoisotopic (exact) mass is 381 g/mol. The summed E-state index contributed by atoms with van der Waals surface area (Å²) < 4.78 is 6.90. The van der Waals surface area contributed by atoms with Crippen LogP contribution in [-0.4, -0.2) is 34.3 Å². The maximum Gasteiger partial charge on any atom is 0.411 e. The van der Waals surface area contributed by atoms with E-state index in [9.17, 15) is 9.90 Å². The number of amides is 1. The number of nitrogens with zero attached hydrogens (tertiary/aromatic N) is 1. The average molecular weight is 382 g/mol. The molecular formula is C18H24BrNO3. The maximum absolute atomic E-state index is 12.7. The van der Waals surface area contributed by atoms with Gasteiger partial charge in [-0.1, -0.05) is 28.1 Å². The molecule has 1 aromatic carbocycles. The third kappa shape index (κ3) is 3.26. The zero-order chi connectivity index (χ0) is 16.7. The van der Waals surface area contributed by atoms with Crippen LogP contribution in [0.5, 0.6) is 0 Å². The molecule has 1 aliphatic carbocycles. The molecule has 4 nitrogen and oxygen atoms in total. The normalized spacial score (nSPS) is 28.8. The van der Waals surface area contributed by atoms with E-state index in [1.165, 1.54) is 0 Å². The van der Waals surface area contributed by atoms with Gasteiger partial charge in [0.1, 0.15) is 5.60 Å². The topological polar surface area (TPSA) is 49.8 Å². The Bertz CT molecular complexity index is 576. The summed E-state index contributed by atoms with van der Waals surface area (Å²) in [4.78, 5) is 14.5. The summed E-state index contributed by atoms with van der Waals surface area (Å²) in [5.74, 6) is 0. The first-order chi connectivity index (χ1) is 10.8. The van der Waals surface area contributed by atoms with Gasteiger partial charge in [-0.25, -0.2) is 4.79 Å². The number of aliphatic hydroxyl groups is 1. The van der Waals surface area contributed by atoms with Crippen molar-refractivity contribution in [1.82, 2.24) is 4.90 Å². The number of hydrogen-bond acceptors (Lipinski definition) is 3. The van der Waals surface area contributed by atoms with Crippen LogP contribution in [0.4, 0.5) is 4.79 Å². The van der Waals surface area contributed by atoms with Crippen molar-refractivity contribution in [3.8, 4) is 0 Å². The molecule has 5 heteroatoms. The largest absolute Gasteiger partial charge is 0.443 e. The Morgan fingerprint density at radius 2 is 1.83 bits per heavy atom. The van der Waals surface area contributed by atoms with Crippen LogP contribution >= 0.6 is 15.9 Å². The molecule has 1 saturated heterocycles. The van der Waals surface area contributed by atoms with E-state index >= 15 is 0 Å². The molecule has 0 aromatic heterocycles. The molecule has 1 N–H and O–H groups in total. The minimum atomic E-state index is -0.409. The van der Waals surface area contributed by atoms with Gasteiger partial charge >= 0.3 is 6.09 Å². The zero-order valence-electron chi connectivity index (χ0n) is 13.7. The first-order valence-electron chi connectivity index (χ1n) is 8.27. The van der Waals surface area contributed by atoms with Crippen molar-refractivity contribution >= 4 is 22.0 Å². The summed E-state index contributed by atoms with van der Waals surface area (Å²) in [7, 11) is 0. The molecule has 0 bridgehead atoms. The number of aliphatic hydroxyl groups excluding tert-OH is 1. The van der Waals surface area contributed by atoms with Crippen molar-refractivity contribution in [3.05, 3.63) is 34.3 Å². The van der Waals surface area contributed by atoms with E-state index in [0.717, 1.165) is 42.1 Å². The highest BCUT2D eigenvalue weighted by Crippen LogP contribution is 2.41. The Labute approximate surface area is 145 Å². The molecule has 3 rings (SSSR count). The Hall–Kier alpha value is -1.07. The minimum absolute atomic E-state index is 0.236. The molecule has 0 radical (unpaired) electrons. The molecule has 2 aliphatic rings. The molecule has 2 fully saturated rings. The van der Waals surface area contributed by atoms with Crippen molar-refractivity contribution in [3.63, 3.8) is 0 Å². The quantitative estimate of drug-likeness (QED) is 0.834. The second-order valence-electron chi connectivity index (χ2n) is 7.25. The van der Waals surface area contributed by atoms with Gasteiger partial charge in [-0.05, 0) is 57.2 Å². The van der Waals surface area contributed by atoms with Crippen molar-refractivity contribution in [2.45, 2.75) is 63.2 Å². The van der Waals surface area contributed by atoms with Crippen LogP contribution in [0.15, 0.2) is 28.7 Å². The number of carbonyl (C=O) groups excluding carboxylic acids is 1. The van der Waals surface area contributed by atoms with E-state index in [2.05, 4.69) is 29.8 Å². The second kappa shape index (κ2) is 6.10. The SMILES string of the molecule is CC(C)(c1ccc(Br)cc1)N1CCC2(CCC(O)CC2)OC1=O. The number of carbonyl (C=O) groups is 1. The van der Waals surface area contributed by atoms with Crippen LogP contribution in [0.1, 0.15) is 51.5 Å². The lowest BCUT2D eigenvalue weighted by Gasteiger charge is -2.48. The van der Waals surface area contributed by atoms with E-state index in [-0.39, 0.29) is 17.8 Å². The van der Waals surface area contributed by atoms with Gasteiger partial charge in [0.05, 0.1) is 11.6 Å². The molecule has 1 aromatic rings. The highest BCUT2D eigenvalue weighted by Gasteiger charge is 2.46. The molecule has 1 amide bonds. The molecule has 1 heterocycles. The predicted octanol–water partition coefficient (Wildman–Crippen LogP) is 4.20. The fraction of sp³-hybridized carbons (Fsp3) is 0.611. The van der Waals surface area contributed by atoms with Crippen LogP contribution < -0.4 is 0 Å². The van der Waals surface area contributed by atoms with Gasteiger partial charge in [0.2, 0.25) is 0 Å². The van der Waals surface area contributed by atoms with Gasteiger partial charge in [0, 0.05) is 17.4 Å². The van der Waals surface area contributed by atoms with Crippen molar-refractivity contribution in [1.29, 1.82) is 0 Å². The van der Waals surface area contributed by atoms with Crippen LogP contribution in [0.3, 0.4) is 0 Å². The van der Waals surface area contributed by atoms with E-state index in [1.807, 2.05) is 29.2 Å². The van der Waals surface area contributed by atoms with E-state index in [4.69, 9.17) is 4.74 Å². The number of halogens is 1. The highest BCUT2D eigenvalue weighted by atomic mass is 79.9. The summed E-state index contributed by atoms with van der Waals surface area (Å²) in [5, 5.41) is 9.69. The van der Waals surface area contributed by atoms with Gasteiger partial charge in [-0.2, -0.15) is 0 Å². The molecule has 1 saturated carbocycles. The van der Waals surface area contributed by atoms with E-state index in [1.54, 1.807) is 0 Å². The van der Waals surface area contributed by atoms with Crippen LogP contribution in [0, 0.1) is 0 Å². The molecule has 0 unspecified atom stereocenters. The lowest BCUT2D eigenvalue weighted by molar-refractivity contribution is -0.100. The van der Waals surface area contributed by atoms with Crippen molar-refractivity contribution < 1.29 is 14.6 Å². The van der Waals surface area contributed by atoms with Gasteiger partial charge in [0.25, 0.3) is 0 Å². The van der Waals surface area contributed by atoms with Crippen LogP contribution in [0.2, 0.25) is 0 Å². The lowest BCUT2D eigenvalue weighted by Crippen LogP contribution is -2.56. The van der Waals surface area contributed by atoms with Crippen molar-refractivity contribution in [2.24, 2.45) is 0 Å². The molecule has 23 heavy (non-hydrogen) atoms. The second-order valence-corrected chi connectivity index (χ2v) is 8.17. The summed E-state index contributed by atoms with van der Waals surface area (Å²) in [5.41, 5.74) is 0.323.